The highest BCUT2D eigenvalue weighted by molar-refractivity contribution is 9.10. The number of hydrogen-bond acceptors (Lipinski definition) is 3. The molecular weight excluding hydrogens is 327 g/mol. The van der Waals surface area contributed by atoms with E-state index in [9.17, 15) is 4.39 Å². The van der Waals surface area contributed by atoms with Gasteiger partial charge in [0, 0.05) is 5.75 Å². The van der Waals surface area contributed by atoms with Crippen LogP contribution in [0.5, 0.6) is 0 Å². The summed E-state index contributed by atoms with van der Waals surface area (Å²) in [5, 5.41) is 0.606. The van der Waals surface area contributed by atoms with E-state index >= 15 is 0 Å². The summed E-state index contributed by atoms with van der Waals surface area (Å²) in [5.41, 5.74) is 6.40. The molecule has 0 fully saturated rings. The lowest BCUT2D eigenvalue weighted by molar-refractivity contribution is 0.480. The molecule has 0 saturated heterocycles. The molecule has 1 aromatic rings. The van der Waals surface area contributed by atoms with E-state index in [-0.39, 0.29) is 23.8 Å². The lowest BCUT2D eigenvalue weighted by Crippen LogP contribution is -2.28. The molecule has 0 aliphatic carbocycles. The van der Waals surface area contributed by atoms with E-state index in [0.717, 1.165) is 17.7 Å². The van der Waals surface area contributed by atoms with Crippen LogP contribution in [-0.2, 0) is 5.54 Å². The van der Waals surface area contributed by atoms with Crippen molar-refractivity contribution in [3.63, 3.8) is 0 Å². The van der Waals surface area contributed by atoms with E-state index in [1.165, 1.54) is 6.07 Å². The summed E-state index contributed by atoms with van der Waals surface area (Å²) in [4.78, 5) is 4.47. The van der Waals surface area contributed by atoms with Gasteiger partial charge >= 0.3 is 0 Å². The Kier molecular flexibility index (Phi) is 4.86. The molecule has 1 atom stereocenters. The van der Waals surface area contributed by atoms with Crippen molar-refractivity contribution in [3.8, 4) is 0 Å². The van der Waals surface area contributed by atoms with Crippen molar-refractivity contribution in [1.82, 2.24) is 0 Å². The fourth-order valence-corrected chi connectivity index (χ4v) is 3.08. The second-order valence-electron chi connectivity index (χ2n) is 3.95. The highest BCUT2D eigenvalue weighted by Gasteiger charge is 2.29. The Bertz CT molecular complexity index is 455. The van der Waals surface area contributed by atoms with Gasteiger partial charge in [-0.1, -0.05) is 17.8 Å². The van der Waals surface area contributed by atoms with Crippen LogP contribution in [0.1, 0.15) is 18.9 Å². The number of thioether (sulfide) groups is 1. The number of amidine groups is 1. The third-order valence-electron chi connectivity index (χ3n) is 2.74. The molecule has 0 saturated carbocycles. The van der Waals surface area contributed by atoms with Crippen molar-refractivity contribution in [2.75, 3.05) is 5.75 Å². The highest BCUT2D eigenvalue weighted by atomic mass is 79.9. The molecule has 0 bridgehead atoms. The molecule has 2 rings (SSSR count). The number of rotatable bonds is 1. The van der Waals surface area contributed by atoms with Crippen LogP contribution in [0.3, 0.4) is 0 Å². The number of nitrogens with zero attached hydrogens (tertiary/aromatic N) is 1. The van der Waals surface area contributed by atoms with E-state index in [2.05, 4.69) is 20.9 Å². The van der Waals surface area contributed by atoms with Crippen molar-refractivity contribution in [2.45, 2.75) is 18.9 Å². The van der Waals surface area contributed by atoms with E-state index < -0.39 is 0 Å². The average Bonchev–Trinajstić information content (AvgIpc) is 2.21. The topological polar surface area (TPSA) is 38.4 Å². The average molecular weight is 340 g/mol. The Morgan fingerprint density at radius 2 is 2.24 bits per heavy atom. The minimum absolute atomic E-state index is 0. The summed E-state index contributed by atoms with van der Waals surface area (Å²) >= 11 is 4.76. The zero-order valence-corrected chi connectivity index (χ0v) is 12.5. The monoisotopic (exact) mass is 338 g/mol. The molecule has 0 spiro atoms. The number of benzene rings is 1. The van der Waals surface area contributed by atoms with Crippen LogP contribution < -0.4 is 5.73 Å². The van der Waals surface area contributed by atoms with Crippen molar-refractivity contribution < 1.29 is 4.39 Å². The van der Waals surface area contributed by atoms with Gasteiger partial charge in [0.05, 0.1) is 10.0 Å². The minimum Gasteiger partial charge on any atom is -0.379 e. The third kappa shape index (κ3) is 3.14. The van der Waals surface area contributed by atoms with Crippen LogP contribution in [-0.4, -0.2) is 10.9 Å². The van der Waals surface area contributed by atoms with Gasteiger partial charge in [0.15, 0.2) is 5.17 Å². The number of aliphatic imine (C=N–C) groups is 1. The molecule has 2 nitrogen and oxygen atoms in total. The smallest absolute Gasteiger partial charge is 0.154 e. The minimum atomic E-state index is -0.328. The van der Waals surface area contributed by atoms with E-state index in [1.54, 1.807) is 23.9 Å². The van der Waals surface area contributed by atoms with Crippen molar-refractivity contribution in [1.29, 1.82) is 0 Å². The van der Waals surface area contributed by atoms with Crippen LogP contribution in [0.15, 0.2) is 27.7 Å². The van der Waals surface area contributed by atoms with E-state index in [0.29, 0.717) is 9.64 Å². The maximum Gasteiger partial charge on any atom is 0.154 e. The fourth-order valence-electron chi connectivity index (χ4n) is 1.73. The van der Waals surface area contributed by atoms with E-state index in [4.69, 9.17) is 5.73 Å². The standard InChI is InChI=1S/C11H12BrFN2S.ClH/c1-11(4-5-16-10(14)15-11)7-2-3-9(13)8(12)6-7;/h2-3,6H,4-5H2,1H3,(H2,14,15);1H. The molecule has 2 N–H and O–H groups in total. The molecule has 1 heterocycles. The summed E-state index contributed by atoms with van der Waals surface area (Å²) in [5.74, 6) is 0.690. The Hall–Kier alpha value is -0.260. The zero-order chi connectivity index (χ0) is 11.8. The van der Waals surface area contributed by atoms with Crippen LogP contribution in [0.25, 0.3) is 0 Å². The molecule has 1 aliphatic rings. The van der Waals surface area contributed by atoms with Gasteiger partial charge in [-0.05, 0) is 47.0 Å². The molecule has 1 unspecified atom stereocenters. The summed E-state index contributed by atoms with van der Waals surface area (Å²) in [7, 11) is 0. The van der Waals surface area contributed by atoms with Gasteiger partial charge in [-0.2, -0.15) is 0 Å². The second kappa shape index (κ2) is 5.59. The lowest BCUT2D eigenvalue weighted by atomic mass is 9.90. The Labute approximate surface area is 119 Å². The highest BCUT2D eigenvalue weighted by Crippen LogP contribution is 2.36. The van der Waals surface area contributed by atoms with Gasteiger partial charge in [0.2, 0.25) is 0 Å². The van der Waals surface area contributed by atoms with Gasteiger partial charge < -0.3 is 5.73 Å². The number of hydrogen-bond donors (Lipinski definition) is 1. The van der Waals surface area contributed by atoms with Crippen molar-refractivity contribution in [3.05, 3.63) is 34.1 Å². The summed E-state index contributed by atoms with van der Waals surface area (Å²) in [6.07, 6.45) is 0.913. The lowest BCUT2D eigenvalue weighted by Gasteiger charge is -2.29. The molecule has 94 valence electrons. The molecule has 1 aliphatic heterocycles. The zero-order valence-electron chi connectivity index (χ0n) is 9.24. The first-order chi connectivity index (χ1) is 7.51. The van der Waals surface area contributed by atoms with Crippen molar-refractivity contribution >= 4 is 45.3 Å². The Morgan fingerprint density at radius 3 is 2.82 bits per heavy atom. The van der Waals surface area contributed by atoms with Gasteiger partial charge in [0.1, 0.15) is 5.82 Å². The number of halogens is 3. The molecule has 6 heteroatoms. The van der Waals surface area contributed by atoms with Gasteiger partial charge in [-0.3, -0.25) is 4.99 Å². The molecule has 0 amide bonds. The first-order valence-corrected chi connectivity index (χ1v) is 6.73. The van der Waals surface area contributed by atoms with Crippen LogP contribution in [0.4, 0.5) is 4.39 Å². The Morgan fingerprint density at radius 1 is 1.53 bits per heavy atom. The predicted octanol–water partition coefficient (Wildman–Crippen LogP) is 3.68. The first kappa shape index (κ1) is 14.8. The van der Waals surface area contributed by atoms with Crippen LogP contribution in [0, 0.1) is 5.82 Å². The SMILES string of the molecule is CC1(c2ccc(F)c(Br)c2)CCSC(N)=N1.Cl. The largest absolute Gasteiger partial charge is 0.379 e. The summed E-state index contributed by atoms with van der Waals surface area (Å²) in [6.45, 7) is 2.03. The molecular formula is C11H13BrClFN2S. The summed E-state index contributed by atoms with van der Waals surface area (Å²) < 4.78 is 13.6. The molecule has 0 aromatic heterocycles. The molecule has 17 heavy (non-hydrogen) atoms. The van der Waals surface area contributed by atoms with Crippen LogP contribution in [0.2, 0.25) is 0 Å². The quantitative estimate of drug-likeness (QED) is 0.847. The number of nitrogens with two attached hydrogens (primary N) is 1. The van der Waals surface area contributed by atoms with E-state index in [1.807, 2.05) is 6.92 Å². The van der Waals surface area contributed by atoms with Gasteiger partial charge in [-0.15, -0.1) is 12.4 Å². The summed E-state index contributed by atoms with van der Waals surface area (Å²) in [6, 6.07) is 5.01. The molecule has 1 aromatic carbocycles. The third-order valence-corrected chi connectivity index (χ3v) is 4.14. The Balaban J connectivity index is 0.00000144. The maximum absolute atomic E-state index is 13.2. The van der Waals surface area contributed by atoms with Gasteiger partial charge in [0.25, 0.3) is 0 Å². The fraction of sp³-hybridized carbons (Fsp3) is 0.364. The second-order valence-corrected chi connectivity index (χ2v) is 5.92. The normalized spacial score (nSPS) is 23.8. The van der Waals surface area contributed by atoms with Crippen molar-refractivity contribution in [2.24, 2.45) is 10.7 Å². The first-order valence-electron chi connectivity index (χ1n) is 4.95. The maximum atomic E-state index is 13.2. The molecule has 0 radical (unpaired) electrons. The van der Waals surface area contributed by atoms with Gasteiger partial charge in [-0.25, -0.2) is 4.39 Å². The van der Waals surface area contributed by atoms with Crippen LogP contribution >= 0.6 is 40.1 Å². The predicted molar refractivity (Wildman–Crippen MR) is 77.4 cm³/mol.